The zero-order valence-electron chi connectivity index (χ0n) is 13.1. The van der Waals surface area contributed by atoms with Crippen LogP contribution in [-0.2, 0) is 0 Å². The maximum Gasteiger partial charge on any atom is 0.120 e. The number of rotatable bonds is 6. The molecule has 0 aliphatic heterocycles. The van der Waals surface area contributed by atoms with E-state index in [-0.39, 0.29) is 5.38 Å². The van der Waals surface area contributed by atoms with Gasteiger partial charge < -0.3 is 4.74 Å². The molecular weight excluding hydrogens is 303 g/mol. The van der Waals surface area contributed by atoms with Gasteiger partial charge in [-0.05, 0) is 42.4 Å². The van der Waals surface area contributed by atoms with Crippen molar-refractivity contribution < 1.29 is 4.74 Å². The molecule has 1 fully saturated rings. The lowest BCUT2D eigenvalue weighted by atomic mass is 9.77. The van der Waals surface area contributed by atoms with Crippen LogP contribution < -0.4 is 4.74 Å². The fraction of sp³-hybridized carbons (Fsp3) is 0.667. The summed E-state index contributed by atoms with van der Waals surface area (Å²) in [6.45, 7) is 2.27. The molecule has 0 amide bonds. The molecule has 3 heteroatoms. The van der Waals surface area contributed by atoms with Crippen LogP contribution in [0.4, 0.5) is 0 Å². The lowest BCUT2D eigenvalue weighted by Gasteiger charge is -2.31. The van der Waals surface area contributed by atoms with Gasteiger partial charge in [-0.25, -0.2) is 0 Å². The minimum absolute atomic E-state index is 0.0236. The fourth-order valence-electron chi connectivity index (χ4n) is 3.37. The Morgan fingerprint density at radius 2 is 1.95 bits per heavy atom. The van der Waals surface area contributed by atoms with Crippen molar-refractivity contribution in [2.45, 2.75) is 57.2 Å². The minimum Gasteiger partial charge on any atom is -0.497 e. The van der Waals surface area contributed by atoms with Crippen molar-refractivity contribution in [1.29, 1.82) is 0 Å². The summed E-state index contributed by atoms with van der Waals surface area (Å²) in [4.78, 5) is 0. The zero-order valence-corrected chi connectivity index (χ0v) is 14.6. The maximum absolute atomic E-state index is 6.71. The van der Waals surface area contributed by atoms with Crippen LogP contribution in [0.3, 0.4) is 0 Å². The predicted octanol–water partition coefficient (Wildman–Crippen LogP) is 6.63. The third-order valence-electron chi connectivity index (χ3n) is 4.78. The molecule has 1 aromatic rings. The normalized spacial score (nSPS) is 23.8. The van der Waals surface area contributed by atoms with Gasteiger partial charge in [0.2, 0.25) is 0 Å². The number of unbranched alkanes of at least 4 members (excludes halogenated alkanes) is 1. The van der Waals surface area contributed by atoms with Crippen LogP contribution in [0.2, 0.25) is 5.02 Å². The second-order valence-corrected chi connectivity index (χ2v) is 7.09. The van der Waals surface area contributed by atoms with Crippen LogP contribution in [0.15, 0.2) is 18.2 Å². The second-order valence-electron chi connectivity index (χ2n) is 6.21. The van der Waals surface area contributed by atoms with Gasteiger partial charge in [0.1, 0.15) is 5.75 Å². The van der Waals surface area contributed by atoms with E-state index in [0.29, 0.717) is 5.92 Å². The maximum atomic E-state index is 6.71. The van der Waals surface area contributed by atoms with Gasteiger partial charge in [0.25, 0.3) is 0 Å². The Kier molecular flexibility index (Phi) is 6.70. The molecule has 0 heterocycles. The van der Waals surface area contributed by atoms with Crippen molar-refractivity contribution in [1.82, 2.24) is 0 Å². The molecule has 0 saturated heterocycles. The molecule has 0 spiro atoms. The molecule has 0 radical (unpaired) electrons. The number of halogens is 2. The summed E-state index contributed by atoms with van der Waals surface area (Å²) in [6, 6.07) is 5.82. The SMILES string of the molecule is CCCCC1CCC(C(Cl)c2ccc(OC)cc2Cl)CC1. The molecule has 1 saturated carbocycles. The molecule has 1 atom stereocenters. The van der Waals surface area contributed by atoms with Crippen LogP contribution in [0.5, 0.6) is 5.75 Å². The first-order valence-electron chi connectivity index (χ1n) is 8.13. The van der Waals surface area contributed by atoms with Crippen LogP contribution in [0.1, 0.15) is 62.8 Å². The Labute approximate surface area is 139 Å². The summed E-state index contributed by atoms with van der Waals surface area (Å²) in [5.41, 5.74) is 1.05. The third-order valence-corrected chi connectivity index (χ3v) is 5.69. The topological polar surface area (TPSA) is 9.23 Å². The van der Waals surface area contributed by atoms with Crippen LogP contribution >= 0.6 is 23.2 Å². The smallest absolute Gasteiger partial charge is 0.120 e. The summed E-state index contributed by atoms with van der Waals surface area (Å²) in [5.74, 6) is 2.25. The van der Waals surface area contributed by atoms with E-state index >= 15 is 0 Å². The highest BCUT2D eigenvalue weighted by Crippen LogP contribution is 2.44. The predicted molar refractivity (Wildman–Crippen MR) is 91.6 cm³/mol. The highest BCUT2D eigenvalue weighted by Gasteiger charge is 2.28. The summed E-state index contributed by atoms with van der Waals surface area (Å²) in [7, 11) is 1.65. The Hall–Kier alpha value is -0.400. The molecule has 1 aliphatic carbocycles. The third kappa shape index (κ3) is 4.53. The Bertz CT molecular complexity index is 439. The van der Waals surface area contributed by atoms with Gasteiger partial charge in [0.05, 0.1) is 12.5 Å². The van der Waals surface area contributed by atoms with E-state index in [2.05, 4.69) is 6.92 Å². The first kappa shape index (κ1) is 17.0. The van der Waals surface area contributed by atoms with E-state index in [1.807, 2.05) is 18.2 Å². The van der Waals surface area contributed by atoms with Crippen molar-refractivity contribution >= 4 is 23.2 Å². The van der Waals surface area contributed by atoms with Gasteiger partial charge >= 0.3 is 0 Å². The van der Waals surface area contributed by atoms with Gasteiger partial charge in [-0.3, -0.25) is 0 Å². The average molecular weight is 329 g/mol. The summed E-state index contributed by atoms with van der Waals surface area (Å²) >= 11 is 13.1. The summed E-state index contributed by atoms with van der Waals surface area (Å²) in [5, 5.41) is 0.748. The van der Waals surface area contributed by atoms with Gasteiger partial charge in [-0.2, -0.15) is 0 Å². The van der Waals surface area contributed by atoms with Gasteiger partial charge in [-0.1, -0.05) is 56.7 Å². The van der Waals surface area contributed by atoms with Gasteiger partial charge in [0, 0.05) is 5.02 Å². The summed E-state index contributed by atoms with van der Waals surface area (Å²) in [6.07, 6.45) is 9.15. The largest absolute Gasteiger partial charge is 0.497 e. The highest BCUT2D eigenvalue weighted by atomic mass is 35.5. The van der Waals surface area contributed by atoms with E-state index in [4.69, 9.17) is 27.9 Å². The van der Waals surface area contributed by atoms with Crippen molar-refractivity contribution in [2.24, 2.45) is 11.8 Å². The van der Waals surface area contributed by atoms with E-state index in [0.717, 1.165) is 22.3 Å². The lowest BCUT2D eigenvalue weighted by Crippen LogP contribution is -2.18. The van der Waals surface area contributed by atoms with E-state index < -0.39 is 0 Å². The molecule has 1 aliphatic rings. The Morgan fingerprint density at radius 1 is 1.24 bits per heavy atom. The second kappa shape index (κ2) is 8.29. The van der Waals surface area contributed by atoms with Gasteiger partial charge in [0.15, 0.2) is 0 Å². The van der Waals surface area contributed by atoms with Crippen LogP contribution in [-0.4, -0.2) is 7.11 Å². The fourth-order valence-corrected chi connectivity index (χ4v) is 4.16. The molecule has 1 nitrogen and oxygen atoms in total. The molecule has 118 valence electrons. The van der Waals surface area contributed by atoms with E-state index in [1.165, 1.54) is 44.9 Å². The van der Waals surface area contributed by atoms with Crippen molar-refractivity contribution in [2.75, 3.05) is 7.11 Å². The molecule has 0 N–H and O–H groups in total. The monoisotopic (exact) mass is 328 g/mol. The number of methoxy groups -OCH3 is 1. The van der Waals surface area contributed by atoms with Crippen LogP contribution in [0, 0.1) is 11.8 Å². The van der Waals surface area contributed by atoms with Crippen molar-refractivity contribution in [3.05, 3.63) is 28.8 Å². The quantitative estimate of drug-likeness (QED) is 0.533. The van der Waals surface area contributed by atoms with Gasteiger partial charge in [-0.15, -0.1) is 11.6 Å². The molecule has 0 bridgehead atoms. The number of hydrogen-bond donors (Lipinski definition) is 0. The zero-order chi connectivity index (χ0) is 15.2. The molecule has 2 rings (SSSR count). The molecule has 1 aromatic carbocycles. The van der Waals surface area contributed by atoms with Crippen molar-refractivity contribution in [3.63, 3.8) is 0 Å². The standard InChI is InChI=1S/C18H26Cl2O/c1-3-4-5-13-6-8-14(9-7-13)18(20)16-11-10-15(21-2)12-17(16)19/h10-14,18H,3-9H2,1-2H3. The molecule has 21 heavy (non-hydrogen) atoms. The number of hydrogen-bond acceptors (Lipinski definition) is 1. The number of alkyl halides is 1. The molecule has 1 unspecified atom stereocenters. The lowest BCUT2D eigenvalue weighted by molar-refractivity contribution is 0.254. The van der Waals surface area contributed by atoms with E-state index in [1.54, 1.807) is 7.11 Å². The Balaban J connectivity index is 1.94. The first-order chi connectivity index (χ1) is 10.2. The highest BCUT2D eigenvalue weighted by molar-refractivity contribution is 6.33. The van der Waals surface area contributed by atoms with E-state index in [9.17, 15) is 0 Å². The summed E-state index contributed by atoms with van der Waals surface area (Å²) < 4.78 is 5.20. The molecule has 0 aromatic heterocycles. The average Bonchev–Trinajstić information content (AvgIpc) is 2.52. The Morgan fingerprint density at radius 3 is 2.52 bits per heavy atom. The number of ether oxygens (including phenoxy) is 1. The minimum atomic E-state index is 0.0236. The van der Waals surface area contributed by atoms with Crippen molar-refractivity contribution in [3.8, 4) is 5.75 Å². The van der Waals surface area contributed by atoms with Crippen LogP contribution in [0.25, 0.3) is 0 Å². The molecular formula is C18H26Cl2O. The first-order valence-corrected chi connectivity index (χ1v) is 8.94. The number of benzene rings is 1.